The Kier molecular flexibility index (Phi) is 8.62. The van der Waals surface area contributed by atoms with Gasteiger partial charge in [0.2, 0.25) is 31.7 Å². The zero-order chi connectivity index (χ0) is 27.4. The number of aromatic nitrogens is 3. The topological polar surface area (TPSA) is 184 Å². The summed E-state index contributed by atoms with van der Waals surface area (Å²) >= 11 is 0. The number of nitrogens with zero attached hydrogens (tertiary/aromatic N) is 7. The Morgan fingerprint density at radius 2 is 2.05 bits per heavy atom. The molecule has 0 aromatic carbocycles. The Morgan fingerprint density at radius 1 is 1.32 bits per heavy atom. The lowest BCUT2D eigenvalue weighted by Gasteiger charge is -2.32. The van der Waals surface area contributed by atoms with Gasteiger partial charge in [0.25, 0.3) is 5.88 Å². The van der Waals surface area contributed by atoms with E-state index in [1.807, 2.05) is 0 Å². The normalized spacial score (nSPS) is 19.5. The van der Waals surface area contributed by atoms with Crippen molar-refractivity contribution in [1.29, 1.82) is 0 Å². The van der Waals surface area contributed by atoms with Crippen LogP contribution in [0.3, 0.4) is 0 Å². The molecule has 1 saturated heterocycles. The van der Waals surface area contributed by atoms with E-state index in [-0.39, 0.29) is 47.8 Å². The number of ether oxygens (including phenoxy) is 4. The maximum absolute atomic E-state index is 12.7. The summed E-state index contributed by atoms with van der Waals surface area (Å²) in [7, 11) is -0.905. The van der Waals surface area contributed by atoms with Crippen molar-refractivity contribution < 1.29 is 33.7 Å². The number of piperidine rings is 1. The molecule has 2 aromatic heterocycles. The van der Waals surface area contributed by atoms with E-state index in [9.17, 15) is 14.8 Å². The number of anilines is 2. The zero-order valence-electron chi connectivity index (χ0n) is 21.6. The third kappa shape index (κ3) is 6.30. The van der Waals surface area contributed by atoms with Gasteiger partial charge in [0.1, 0.15) is 18.1 Å². The molecule has 1 amide bonds. The number of fused-ring (bicyclic) bond motifs is 6. The highest BCUT2D eigenvalue weighted by molar-refractivity contribution is 7.39. The molecule has 2 bridgehead atoms. The number of carbonyl (C=O) groups excluding carboxylic acids is 1. The lowest BCUT2D eigenvalue weighted by molar-refractivity contribution is -0.158. The van der Waals surface area contributed by atoms with E-state index < -0.39 is 14.2 Å². The van der Waals surface area contributed by atoms with Gasteiger partial charge in [-0.1, -0.05) is 0 Å². The van der Waals surface area contributed by atoms with E-state index >= 15 is 0 Å². The SMILES string of the molecule is COc1c(OC2CCN(C(=O)OC(C)C)CC2)ncnc1N(N)N1/N=[P+](\[O-])CC(O)Oc2ccc1c(C)n2. The molecule has 5 heterocycles. The predicted molar refractivity (Wildman–Crippen MR) is 134 cm³/mol. The second-order valence-corrected chi connectivity index (χ2v) is 10.1. The first kappa shape index (κ1) is 27.5. The number of hydrazine groups is 2. The van der Waals surface area contributed by atoms with E-state index in [0.717, 1.165) is 5.12 Å². The molecule has 2 atom stereocenters. The van der Waals surface area contributed by atoms with E-state index in [1.54, 1.807) is 31.7 Å². The van der Waals surface area contributed by atoms with E-state index in [4.69, 9.17) is 24.8 Å². The number of pyridine rings is 1. The third-order valence-electron chi connectivity index (χ3n) is 5.69. The molecular formula is C22H31N8O7P. The molecule has 16 heteroatoms. The molecular weight excluding hydrogens is 519 g/mol. The van der Waals surface area contributed by atoms with Crippen molar-refractivity contribution in [3.05, 3.63) is 24.2 Å². The lowest BCUT2D eigenvalue weighted by atomic mass is 10.1. The molecule has 0 aliphatic carbocycles. The predicted octanol–water partition coefficient (Wildman–Crippen LogP) is 1.25. The quantitative estimate of drug-likeness (QED) is 0.298. The van der Waals surface area contributed by atoms with Crippen LogP contribution in [-0.4, -0.2) is 75.9 Å². The van der Waals surface area contributed by atoms with E-state index in [1.165, 1.54) is 24.6 Å². The largest absolute Gasteiger partial charge is 0.610 e. The highest BCUT2D eigenvalue weighted by atomic mass is 31.1. The highest BCUT2D eigenvalue weighted by Gasteiger charge is 2.30. The van der Waals surface area contributed by atoms with Gasteiger partial charge < -0.3 is 33.8 Å². The van der Waals surface area contributed by atoms with Gasteiger partial charge in [-0.3, -0.25) is 0 Å². The van der Waals surface area contributed by atoms with Crippen LogP contribution >= 0.6 is 7.94 Å². The number of aryl methyl sites for hydroxylation is 1. The van der Waals surface area contributed by atoms with Gasteiger partial charge in [0, 0.05) is 36.9 Å². The van der Waals surface area contributed by atoms with Crippen molar-refractivity contribution in [2.75, 3.05) is 36.6 Å². The summed E-state index contributed by atoms with van der Waals surface area (Å²) in [5.74, 6) is 6.97. The second-order valence-electron chi connectivity index (χ2n) is 8.86. The van der Waals surface area contributed by atoms with Gasteiger partial charge in [-0.2, -0.15) is 10.1 Å². The number of likely N-dealkylation sites (tertiary alicyclic amines) is 1. The molecule has 15 nitrogen and oxygen atoms in total. The lowest BCUT2D eigenvalue weighted by Crippen LogP contribution is -2.46. The average Bonchev–Trinajstić information content (AvgIpc) is 2.87. The number of rotatable bonds is 6. The number of hydrogen-bond donors (Lipinski definition) is 2. The van der Waals surface area contributed by atoms with Gasteiger partial charge in [-0.15, -0.1) is 5.12 Å². The summed E-state index contributed by atoms with van der Waals surface area (Å²) in [6.45, 7) is 6.24. The van der Waals surface area contributed by atoms with E-state index in [2.05, 4.69) is 19.8 Å². The number of nitrogens with two attached hydrogens (primary N) is 1. The first-order valence-electron chi connectivity index (χ1n) is 12.0. The average molecular weight is 551 g/mol. The molecule has 5 rings (SSSR count). The maximum atomic E-state index is 12.7. The first-order chi connectivity index (χ1) is 18.2. The molecule has 1 fully saturated rings. The van der Waals surface area contributed by atoms with Crippen LogP contribution in [0.5, 0.6) is 17.5 Å². The van der Waals surface area contributed by atoms with Gasteiger partial charge in [-0.25, -0.2) is 20.6 Å². The fraction of sp³-hybridized carbons (Fsp3) is 0.545. The minimum absolute atomic E-state index is 0.0833. The third-order valence-corrected chi connectivity index (χ3v) is 6.69. The number of hydrogen-bond acceptors (Lipinski definition) is 14. The molecule has 0 saturated carbocycles. The fourth-order valence-corrected chi connectivity index (χ4v) is 4.70. The Hall–Kier alpha value is -3.52. The number of carbonyl (C=O) groups is 1. The molecule has 38 heavy (non-hydrogen) atoms. The maximum Gasteiger partial charge on any atom is 0.410 e. The molecule has 3 aliphatic rings. The van der Waals surface area contributed by atoms with Crippen LogP contribution in [-0.2, 0) is 4.74 Å². The van der Waals surface area contributed by atoms with Crippen molar-refractivity contribution in [2.24, 2.45) is 10.7 Å². The Labute approximate surface area is 220 Å². The number of aliphatic hydroxyl groups is 1. The van der Waals surface area contributed by atoms with Crippen molar-refractivity contribution >= 4 is 25.5 Å². The van der Waals surface area contributed by atoms with Crippen LogP contribution in [0.2, 0.25) is 0 Å². The molecule has 206 valence electrons. The molecule has 0 spiro atoms. The van der Waals surface area contributed by atoms with Crippen LogP contribution in [0.15, 0.2) is 23.3 Å². The monoisotopic (exact) mass is 550 g/mol. The Morgan fingerprint density at radius 3 is 2.71 bits per heavy atom. The molecule has 3 N–H and O–H groups in total. The summed E-state index contributed by atoms with van der Waals surface area (Å²) in [6, 6.07) is 3.15. The molecule has 2 unspecified atom stereocenters. The molecule has 3 aliphatic heterocycles. The summed E-state index contributed by atoms with van der Waals surface area (Å²) < 4.78 is 22.2. The zero-order valence-corrected chi connectivity index (χ0v) is 22.4. The minimum atomic E-state index is -2.32. The van der Waals surface area contributed by atoms with Crippen molar-refractivity contribution in [1.82, 2.24) is 19.9 Å². The van der Waals surface area contributed by atoms with Crippen LogP contribution in [0.4, 0.5) is 16.3 Å². The smallest absolute Gasteiger partial charge is 0.410 e. The number of aliphatic hydroxyl groups excluding tert-OH is 1. The van der Waals surface area contributed by atoms with Gasteiger partial charge in [0.15, 0.2) is 6.16 Å². The summed E-state index contributed by atoms with van der Waals surface area (Å²) in [6.07, 6.45) is -0.0298. The van der Waals surface area contributed by atoms with Crippen LogP contribution in [0.25, 0.3) is 0 Å². The first-order valence-corrected chi connectivity index (χ1v) is 13.4. The fourth-order valence-electron chi connectivity index (χ4n) is 3.91. The van der Waals surface area contributed by atoms with Gasteiger partial charge in [-0.05, 0) is 26.8 Å². The summed E-state index contributed by atoms with van der Waals surface area (Å²) in [5, 5.41) is 12.3. The molecule has 0 radical (unpaired) electrons. The standard InChI is InChI=1S/C22H31N8O7P/c1-13(2)35-22(32)28-9-7-15(8-10-28)36-21-19(34-4)20(24-12-25-21)29(23)30-16-5-6-17(26-14(16)3)37-18(31)11-38(33)27-30/h5-6,12-13,15,18,31H,7-11,23H2,1-4H3. The molecule has 2 aromatic rings. The van der Waals surface area contributed by atoms with Gasteiger partial charge >= 0.3 is 6.09 Å². The minimum Gasteiger partial charge on any atom is -0.610 e. The highest BCUT2D eigenvalue weighted by Crippen LogP contribution is 2.37. The van der Waals surface area contributed by atoms with Crippen molar-refractivity contribution in [3.63, 3.8) is 0 Å². The second kappa shape index (κ2) is 11.9. The van der Waals surface area contributed by atoms with E-state index in [0.29, 0.717) is 37.3 Å². The number of methoxy groups -OCH3 is 1. The summed E-state index contributed by atoms with van der Waals surface area (Å²) in [5.41, 5.74) is 0.856. The van der Waals surface area contributed by atoms with Crippen molar-refractivity contribution in [3.8, 4) is 17.5 Å². The summed E-state index contributed by atoms with van der Waals surface area (Å²) in [4.78, 5) is 43.4. The Balaban J connectivity index is 1.57. The Bertz CT molecular complexity index is 1180. The van der Waals surface area contributed by atoms with Crippen molar-refractivity contribution in [2.45, 2.75) is 52.1 Å². The number of amides is 1. The van der Waals surface area contributed by atoms with Crippen LogP contribution in [0.1, 0.15) is 32.4 Å². The van der Waals surface area contributed by atoms with Crippen LogP contribution in [0, 0.1) is 6.92 Å². The van der Waals surface area contributed by atoms with Gasteiger partial charge in [0.05, 0.1) is 18.9 Å². The van der Waals surface area contributed by atoms with Crippen LogP contribution < -0.4 is 35.2 Å².